The summed E-state index contributed by atoms with van der Waals surface area (Å²) in [6.07, 6.45) is 3.78. The lowest BCUT2D eigenvalue weighted by Crippen LogP contribution is -2.48. The number of nitrogens with zero attached hydrogens (tertiary/aromatic N) is 3. The molecule has 0 bridgehead atoms. The molecule has 1 aromatic rings. The van der Waals surface area contributed by atoms with Gasteiger partial charge in [-0.05, 0) is 64.6 Å². The Labute approximate surface area is 188 Å². The second-order valence-corrected chi connectivity index (χ2v) is 8.46. The molecule has 1 aromatic carbocycles. The minimum absolute atomic E-state index is 0. The SMILES string of the molecule is CN=C(NCC1CCCN(C(C)C)C1)NC1CCN(c2ccc(C)cc2)C1.I. The normalized spacial score (nSPS) is 23.6. The van der Waals surface area contributed by atoms with Crippen LogP contribution in [0.2, 0.25) is 0 Å². The lowest BCUT2D eigenvalue weighted by atomic mass is 9.97. The van der Waals surface area contributed by atoms with Gasteiger partial charge in [0.25, 0.3) is 0 Å². The molecule has 2 aliphatic rings. The first kappa shape index (κ1) is 23.3. The zero-order valence-electron chi connectivity index (χ0n) is 17.9. The number of hydrogen-bond donors (Lipinski definition) is 2. The molecular weight excluding hydrogens is 461 g/mol. The molecule has 2 N–H and O–H groups in total. The van der Waals surface area contributed by atoms with Gasteiger partial charge < -0.3 is 20.4 Å². The quantitative estimate of drug-likeness (QED) is 0.370. The predicted octanol–water partition coefficient (Wildman–Crippen LogP) is 3.48. The maximum absolute atomic E-state index is 4.46. The minimum atomic E-state index is 0. The van der Waals surface area contributed by atoms with Crippen LogP contribution in [0.3, 0.4) is 0 Å². The molecule has 2 atom stereocenters. The number of piperidine rings is 1. The van der Waals surface area contributed by atoms with E-state index in [1.165, 1.54) is 37.2 Å². The second kappa shape index (κ2) is 11.2. The highest BCUT2D eigenvalue weighted by atomic mass is 127. The summed E-state index contributed by atoms with van der Waals surface area (Å²) in [6.45, 7) is 12.3. The first-order valence-electron chi connectivity index (χ1n) is 10.6. The Bertz CT molecular complexity index is 616. The van der Waals surface area contributed by atoms with Gasteiger partial charge in [-0.1, -0.05) is 17.7 Å². The monoisotopic (exact) mass is 499 g/mol. The van der Waals surface area contributed by atoms with Gasteiger partial charge in [0.05, 0.1) is 0 Å². The maximum atomic E-state index is 4.46. The first-order chi connectivity index (χ1) is 13.0. The maximum Gasteiger partial charge on any atom is 0.191 e. The standard InChI is InChI=1S/C22H37N5.HI/c1-17(2)26-12-5-6-19(15-26)14-24-22(23-4)25-20-11-13-27(16-20)21-9-7-18(3)8-10-21;/h7-10,17,19-20H,5-6,11-16H2,1-4H3,(H2,23,24,25);1H. The molecule has 2 saturated heterocycles. The highest BCUT2D eigenvalue weighted by Crippen LogP contribution is 2.21. The van der Waals surface area contributed by atoms with Crippen molar-refractivity contribution in [3.05, 3.63) is 29.8 Å². The van der Waals surface area contributed by atoms with E-state index in [0.717, 1.165) is 32.0 Å². The Morgan fingerprint density at radius 2 is 1.89 bits per heavy atom. The van der Waals surface area contributed by atoms with Crippen molar-refractivity contribution >= 4 is 35.6 Å². The van der Waals surface area contributed by atoms with Crippen molar-refractivity contribution in [1.82, 2.24) is 15.5 Å². The van der Waals surface area contributed by atoms with E-state index in [1.54, 1.807) is 0 Å². The summed E-state index contributed by atoms with van der Waals surface area (Å²) in [7, 11) is 1.88. The molecule has 0 radical (unpaired) electrons. The topological polar surface area (TPSA) is 42.9 Å². The fourth-order valence-corrected chi connectivity index (χ4v) is 4.23. The Kier molecular flexibility index (Phi) is 9.34. The van der Waals surface area contributed by atoms with Crippen LogP contribution in [-0.2, 0) is 0 Å². The van der Waals surface area contributed by atoms with E-state index in [9.17, 15) is 0 Å². The molecule has 2 fully saturated rings. The van der Waals surface area contributed by atoms with E-state index in [4.69, 9.17) is 0 Å². The molecule has 0 saturated carbocycles. The van der Waals surface area contributed by atoms with Crippen LogP contribution in [0.15, 0.2) is 29.3 Å². The Morgan fingerprint density at radius 1 is 1.14 bits per heavy atom. The van der Waals surface area contributed by atoms with E-state index in [-0.39, 0.29) is 24.0 Å². The summed E-state index contributed by atoms with van der Waals surface area (Å²) >= 11 is 0. The van der Waals surface area contributed by atoms with Gasteiger partial charge in [0.2, 0.25) is 0 Å². The number of hydrogen-bond acceptors (Lipinski definition) is 3. The van der Waals surface area contributed by atoms with Crippen LogP contribution in [0.25, 0.3) is 0 Å². The molecule has 2 aliphatic heterocycles. The van der Waals surface area contributed by atoms with E-state index in [1.807, 2.05) is 7.05 Å². The largest absolute Gasteiger partial charge is 0.369 e. The zero-order chi connectivity index (χ0) is 19.2. The lowest BCUT2D eigenvalue weighted by molar-refractivity contribution is 0.141. The number of anilines is 1. The first-order valence-corrected chi connectivity index (χ1v) is 10.6. The average molecular weight is 499 g/mol. The van der Waals surface area contributed by atoms with Gasteiger partial charge in [-0.2, -0.15) is 0 Å². The highest BCUT2D eigenvalue weighted by molar-refractivity contribution is 14.0. The number of halogens is 1. The molecule has 0 aliphatic carbocycles. The average Bonchev–Trinajstić information content (AvgIpc) is 3.14. The second-order valence-electron chi connectivity index (χ2n) is 8.46. The van der Waals surface area contributed by atoms with Crippen molar-refractivity contribution in [2.24, 2.45) is 10.9 Å². The van der Waals surface area contributed by atoms with Crippen molar-refractivity contribution in [2.45, 2.75) is 52.1 Å². The summed E-state index contributed by atoms with van der Waals surface area (Å²) in [6, 6.07) is 9.96. The van der Waals surface area contributed by atoms with Gasteiger partial charge >= 0.3 is 0 Å². The van der Waals surface area contributed by atoms with Crippen LogP contribution in [0.4, 0.5) is 5.69 Å². The lowest BCUT2D eigenvalue weighted by Gasteiger charge is -2.35. The molecule has 3 rings (SSSR count). The van der Waals surface area contributed by atoms with Crippen molar-refractivity contribution in [3.63, 3.8) is 0 Å². The van der Waals surface area contributed by atoms with Crippen molar-refractivity contribution in [3.8, 4) is 0 Å². The molecule has 2 heterocycles. The molecule has 6 heteroatoms. The Hall–Kier alpha value is -1.02. The van der Waals surface area contributed by atoms with E-state index in [0.29, 0.717) is 18.0 Å². The van der Waals surface area contributed by atoms with E-state index < -0.39 is 0 Å². The van der Waals surface area contributed by atoms with Crippen molar-refractivity contribution in [1.29, 1.82) is 0 Å². The predicted molar refractivity (Wildman–Crippen MR) is 131 cm³/mol. The van der Waals surface area contributed by atoms with Gasteiger partial charge in [0, 0.05) is 51.0 Å². The van der Waals surface area contributed by atoms with Crippen LogP contribution in [0.5, 0.6) is 0 Å². The molecule has 0 aromatic heterocycles. The molecule has 28 heavy (non-hydrogen) atoms. The Balaban J connectivity index is 0.00000280. The fraction of sp³-hybridized carbons (Fsp3) is 0.682. The van der Waals surface area contributed by atoms with Crippen LogP contribution >= 0.6 is 24.0 Å². The fourth-order valence-electron chi connectivity index (χ4n) is 4.23. The van der Waals surface area contributed by atoms with Gasteiger partial charge in [-0.15, -0.1) is 24.0 Å². The molecule has 0 spiro atoms. The van der Waals surface area contributed by atoms with Crippen LogP contribution < -0.4 is 15.5 Å². The zero-order valence-corrected chi connectivity index (χ0v) is 20.3. The molecule has 0 amide bonds. The number of benzene rings is 1. The molecule has 5 nitrogen and oxygen atoms in total. The third kappa shape index (κ3) is 6.51. The van der Waals surface area contributed by atoms with Crippen LogP contribution in [0.1, 0.15) is 38.7 Å². The van der Waals surface area contributed by atoms with Gasteiger partial charge in [-0.3, -0.25) is 4.99 Å². The van der Waals surface area contributed by atoms with E-state index >= 15 is 0 Å². The van der Waals surface area contributed by atoms with Crippen molar-refractivity contribution < 1.29 is 0 Å². The summed E-state index contributed by atoms with van der Waals surface area (Å²) in [4.78, 5) is 9.53. The number of guanidine groups is 1. The highest BCUT2D eigenvalue weighted by Gasteiger charge is 2.25. The number of nitrogens with one attached hydrogen (secondary N) is 2. The molecule has 158 valence electrons. The van der Waals surface area contributed by atoms with Crippen LogP contribution in [-0.4, -0.2) is 62.7 Å². The summed E-state index contributed by atoms with van der Waals surface area (Å²) in [5.74, 6) is 1.67. The number of rotatable bonds is 5. The molecular formula is C22H38IN5. The number of likely N-dealkylation sites (tertiary alicyclic amines) is 1. The third-order valence-electron chi connectivity index (χ3n) is 5.99. The van der Waals surface area contributed by atoms with Crippen molar-refractivity contribution in [2.75, 3.05) is 44.7 Å². The smallest absolute Gasteiger partial charge is 0.191 e. The number of aliphatic imine (C=N–C) groups is 1. The van der Waals surface area contributed by atoms with Gasteiger partial charge in [-0.25, -0.2) is 0 Å². The summed E-state index contributed by atoms with van der Waals surface area (Å²) in [5.41, 5.74) is 2.64. The molecule has 2 unspecified atom stereocenters. The van der Waals surface area contributed by atoms with Gasteiger partial charge in [0.15, 0.2) is 5.96 Å². The Morgan fingerprint density at radius 3 is 2.57 bits per heavy atom. The van der Waals surface area contributed by atoms with Crippen LogP contribution in [0, 0.1) is 12.8 Å². The number of aryl methyl sites for hydroxylation is 1. The third-order valence-corrected chi connectivity index (χ3v) is 5.99. The minimum Gasteiger partial charge on any atom is -0.369 e. The summed E-state index contributed by atoms with van der Waals surface area (Å²) in [5, 5.41) is 7.22. The summed E-state index contributed by atoms with van der Waals surface area (Å²) < 4.78 is 0. The van der Waals surface area contributed by atoms with E-state index in [2.05, 4.69) is 70.5 Å². The van der Waals surface area contributed by atoms with Gasteiger partial charge in [0.1, 0.15) is 0 Å².